The molecule has 6 nitrogen and oxygen atoms in total. The Morgan fingerprint density at radius 2 is 1.90 bits per heavy atom. The fraction of sp³-hybridized carbons (Fsp3) is 0.125. The summed E-state index contributed by atoms with van der Waals surface area (Å²) in [5.41, 5.74) is 1.29. The molecule has 31 heavy (non-hydrogen) atoms. The summed E-state index contributed by atoms with van der Waals surface area (Å²) in [5, 5.41) is 12.2. The van der Waals surface area contributed by atoms with Crippen molar-refractivity contribution in [3.63, 3.8) is 0 Å². The third kappa shape index (κ3) is 4.25. The van der Waals surface area contributed by atoms with Crippen LogP contribution in [-0.4, -0.2) is 23.3 Å². The Bertz CT molecular complexity index is 1360. The Morgan fingerprint density at radius 1 is 1.10 bits per heavy atom. The third-order valence-corrected chi connectivity index (χ3v) is 5.45. The average Bonchev–Trinajstić information content (AvgIpc) is 2.81. The molecule has 0 aliphatic rings. The summed E-state index contributed by atoms with van der Waals surface area (Å²) in [7, 11) is 1.59. The zero-order valence-corrected chi connectivity index (χ0v) is 17.8. The molecule has 4 rings (SSSR count). The van der Waals surface area contributed by atoms with Crippen molar-refractivity contribution in [2.24, 2.45) is 0 Å². The molecule has 3 aromatic carbocycles. The van der Waals surface area contributed by atoms with Crippen LogP contribution >= 0.6 is 11.8 Å². The lowest BCUT2D eigenvalue weighted by molar-refractivity contribution is 0.297. The second-order valence-corrected chi connectivity index (χ2v) is 7.53. The van der Waals surface area contributed by atoms with Crippen LogP contribution in [0, 0.1) is 11.3 Å². The number of ether oxygens (including phenoxy) is 2. The predicted octanol–water partition coefficient (Wildman–Crippen LogP) is 4.77. The van der Waals surface area contributed by atoms with Crippen molar-refractivity contribution in [3.8, 4) is 28.8 Å². The van der Waals surface area contributed by atoms with Crippen LogP contribution in [0.4, 0.5) is 0 Å². The standard InChI is InChI=1S/C24H19N3O3S/c1-29-21-10-8-17(22-20(13-25)23(28)27-24(26-22)31-2)11-18(21)14-30-19-9-7-15-5-3-4-6-16(15)12-19/h3-12H,14H2,1-2H3,(H,26,27,28). The van der Waals surface area contributed by atoms with Gasteiger partial charge in [-0.05, 0) is 47.4 Å². The van der Waals surface area contributed by atoms with Crippen LogP contribution in [0.1, 0.15) is 11.1 Å². The molecular formula is C24H19N3O3S. The van der Waals surface area contributed by atoms with Gasteiger partial charge < -0.3 is 14.5 Å². The first kappa shape index (κ1) is 20.5. The molecule has 0 atom stereocenters. The fourth-order valence-electron chi connectivity index (χ4n) is 3.32. The van der Waals surface area contributed by atoms with Gasteiger partial charge in [-0.1, -0.05) is 42.1 Å². The van der Waals surface area contributed by atoms with Crippen LogP contribution in [0.3, 0.4) is 0 Å². The van der Waals surface area contributed by atoms with Gasteiger partial charge in [-0.2, -0.15) is 5.26 Å². The molecule has 0 aliphatic carbocycles. The summed E-state index contributed by atoms with van der Waals surface area (Å²) in [5.74, 6) is 1.39. The molecule has 0 spiro atoms. The molecule has 4 aromatic rings. The van der Waals surface area contributed by atoms with Gasteiger partial charge in [0.15, 0.2) is 5.16 Å². The SMILES string of the molecule is COc1ccc(-c2nc(SC)[nH]c(=O)c2C#N)cc1COc1ccc2ccccc2c1. The van der Waals surface area contributed by atoms with Crippen LogP contribution in [0.5, 0.6) is 11.5 Å². The Balaban J connectivity index is 1.69. The molecule has 0 aliphatic heterocycles. The number of thioether (sulfide) groups is 1. The minimum absolute atomic E-state index is 0.0237. The lowest BCUT2D eigenvalue weighted by Crippen LogP contribution is -2.14. The molecule has 0 fully saturated rings. The predicted molar refractivity (Wildman–Crippen MR) is 122 cm³/mol. The lowest BCUT2D eigenvalue weighted by Gasteiger charge is -2.13. The lowest BCUT2D eigenvalue weighted by atomic mass is 10.0. The molecule has 0 saturated heterocycles. The quantitative estimate of drug-likeness (QED) is 0.351. The van der Waals surface area contributed by atoms with E-state index in [0.717, 1.165) is 22.1 Å². The molecule has 0 unspecified atom stereocenters. The highest BCUT2D eigenvalue weighted by Crippen LogP contribution is 2.29. The number of hydrogen-bond acceptors (Lipinski definition) is 6. The highest BCUT2D eigenvalue weighted by molar-refractivity contribution is 7.98. The van der Waals surface area contributed by atoms with Gasteiger partial charge in [0.05, 0.1) is 12.8 Å². The van der Waals surface area contributed by atoms with Crippen molar-refractivity contribution in [3.05, 3.63) is 82.1 Å². The van der Waals surface area contributed by atoms with Gasteiger partial charge in [-0.15, -0.1) is 0 Å². The van der Waals surface area contributed by atoms with Gasteiger partial charge in [-0.25, -0.2) is 4.98 Å². The van der Waals surface area contributed by atoms with E-state index in [9.17, 15) is 10.1 Å². The van der Waals surface area contributed by atoms with Crippen molar-refractivity contribution >= 4 is 22.5 Å². The van der Waals surface area contributed by atoms with Crippen molar-refractivity contribution < 1.29 is 9.47 Å². The Kier molecular flexibility index (Phi) is 5.92. The highest BCUT2D eigenvalue weighted by atomic mass is 32.2. The Labute approximate surface area is 183 Å². The van der Waals surface area contributed by atoms with E-state index in [1.807, 2.05) is 54.8 Å². The minimum Gasteiger partial charge on any atom is -0.496 e. The van der Waals surface area contributed by atoms with Crippen molar-refractivity contribution in [1.82, 2.24) is 9.97 Å². The summed E-state index contributed by atoms with van der Waals surface area (Å²) in [4.78, 5) is 19.3. The Hall–Kier alpha value is -3.76. The number of nitrogens with zero attached hydrogens (tertiary/aromatic N) is 2. The molecule has 7 heteroatoms. The van der Waals surface area contributed by atoms with Crippen LogP contribution in [0.15, 0.2) is 70.6 Å². The highest BCUT2D eigenvalue weighted by Gasteiger charge is 2.15. The number of nitrogens with one attached hydrogen (secondary N) is 1. The molecule has 0 bridgehead atoms. The number of benzene rings is 3. The van der Waals surface area contributed by atoms with E-state index in [0.29, 0.717) is 22.2 Å². The molecule has 154 valence electrons. The normalized spacial score (nSPS) is 10.6. The number of methoxy groups -OCH3 is 1. The number of nitriles is 1. The number of fused-ring (bicyclic) bond motifs is 1. The van der Waals surface area contributed by atoms with Crippen LogP contribution in [-0.2, 0) is 6.61 Å². The molecule has 0 radical (unpaired) electrons. The first-order valence-electron chi connectivity index (χ1n) is 9.50. The van der Waals surface area contributed by atoms with Crippen molar-refractivity contribution in [2.75, 3.05) is 13.4 Å². The largest absolute Gasteiger partial charge is 0.496 e. The number of rotatable bonds is 6. The summed E-state index contributed by atoms with van der Waals surface area (Å²) >= 11 is 1.31. The van der Waals surface area contributed by atoms with Crippen molar-refractivity contribution in [1.29, 1.82) is 5.26 Å². The number of aromatic amines is 1. The second-order valence-electron chi connectivity index (χ2n) is 6.73. The van der Waals surface area contributed by atoms with E-state index in [1.165, 1.54) is 11.8 Å². The summed E-state index contributed by atoms with van der Waals surface area (Å²) < 4.78 is 11.5. The molecule has 0 saturated carbocycles. The smallest absolute Gasteiger partial charge is 0.270 e. The topological polar surface area (TPSA) is 88.0 Å². The van der Waals surface area contributed by atoms with Gasteiger partial charge in [0.2, 0.25) is 0 Å². The van der Waals surface area contributed by atoms with Gasteiger partial charge in [-0.3, -0.25) is 4.79 Å². The molecule has 1 heterocycles. The first-order valence-corrected chi connectivity index (χ1v) is 10.7. The summed E-state index contributed by atoms with van der Waals surface area (Å²) in [6.45, 7) is 0.260. The number of hydrogen-bond donors (Lipinski definition) is 1. The van der Waals surface area contributed by atoms with Gasteiger partial charge >= 0.3 is 0 Å². The van der Waals surface area contributed by atoms with E-state index in [2.05, 4.69) is 16.0 Å². The second kappa shape index (κ2) is 8.94. The number of aromatic nitrogens is 2. The van der Waals surface area contributed by atoms with Gasteiger partial charge in [0.25, 0.3) is 5.56 Å². The fourth-order valence-corrected chi connectivity index (χ4v) is 3.70. The maximum absolute atomic E-state index is 12.3. The van der Waals surface area contributed by atoms with Crippen LogP contribution in [0.25, 0.3) is 22.0 Å². The van der Waals surface area contributed by atoms with E-state index >= 15 is 0 Å². The molecular weight excluding hydrogens is 410 g/mol. The minimum atomic E-state index is -0.457. The maximum atomic E-state index is 12.3. The van der Waals surface area contributed by atoms with E-state index in [-0.39, 0.29) is 12.2 Å². The van der Waals surface area contributed by atoms with E-state index in [1.54, 1.807) is 19.2 Å². The number of H-pyrrole nitrogens is 1. The maximum Gasteiger partial charge on any atom is 0.270 e. The zero-order valence-electron chi connectivity index (χ0n) is 17.0. The van der Waals surface area contributed by atoms with Gasteiger partial charge in [0.1, 0.15) is 29.7 Å². The first-order chi connectivity index (χ1) is 15.1. The monoisotopic (exact) mass is 429 g/mol. The summed E-state index contributed by atoms with van der Waals surface area (Å²) in [6, 6.07) is 21.4. The Morgan fingerprint density at radius 3 is 2.65 bits per heavy atom. The van der Waals surface area contributed by atoms with Crippen LogP contribution in [0.2, 0.25) is 0 Å². The van der Waals surface area contributed by atoms with Crippen LogP contribution < -0.4 is 15.0 Å². The molecule has 1 aromatic heterocycles. The summed E-state index contributed by atoms with van der Waals surface area (Å²) in [6.07, 6.45) is 1.81. The van der Waals surface area contributed by atoms with E-state index < -0.39 is 5.56 Å². The van der Waals surface area contributed by atoms with E-state index in [4.69, 9.17) is 9.47 Å². The third-order valence-electron chi connectivity index (χ3n) is 4.87. The van der Waals surface area contributed by atoms with Crippen molar-refractivity contribution in [2.45, 2.75) is 11.8 Å². The molecule has 1 N–H and O–H groups in total. The molecule has 0 amide bonds. The average molecular weight is 430 g/mol. The zero-order chi connectivity index (χ0) is 21.8. The van der Waals surface area contributed by atoms with Gasteiger partial charge in [0, 0.05) is 11.1 Å².